The van der Waals surface area contributed by atoms with Gasteiger partial charge in [-0.1, -0.05) is 19.9 Å². The van der Waals surface area contributed by atoms with Crippen molar-refractivity contribution in [2.75, 3.05) is 13.2 Å². The standard InChI is InChI=1S/C13H20O3/c1-9(2)13-5-4-11(6-10(13)3)16-12(7-14)8-15/h4-6,9,12,14-15H,7-8H2,1-3H3. The van der Waals surface area contributed by atoms with Crippen molar-refractivity contribution in [3.8, 4) is 5.75 Å². The normalized spacial score (nSPS) is 11.2. The molecule has 1 aromatic rings. The fourth-order valence-corrected chi connectivity index (χ4v) is 1.69. The highest BCUT2D eigenvalue weighted by Gasteiger charge is 2.09. The van der Waals surface area contributed by atoms with E-state index in [9.17, 15) is 0 Å². The average molecular weight is 224 g/mol. The predicted molar refractivity (Wildman–Crippen MR) is 63.9 cm³/mol. The first kappa shape index (κ1) is 13.0. The van der Waals surface area contributed by atoms with Gasteiger partial charge in [0.1, 0.15) is 11.9 Å². The molecular formula is C13H20O3. The Labute approximate surface area is 96.7 Å². The molecule has 0 aliphatic carbocycles. The first-order chi connectivity index (χ1) is 7.58. The van der Waals surface area contributed by atoms with Crippen LogP contribution in [0.2, 0.25) is 0 Å². The van der Waals surface area contributed by atoms with Crippen molar-refractivity contribution in [3.05, 3.63) is 29.3 Å². The first-order valence-electron chi connectivity index (χ1n) is 5.57. The second kappa shape index (κ2) is 5.87. The molecule has 16 heavy (non-hydrogen) atoms. The van der Waals surface area contributed by atoms with Crippen molar-refractivity contribution >= 4 is 0 Å². The largest absolute Gasteiger partial charge is 0.486 e. The van der Waals surface area contributed by atoms with Gasteiger partial charge < -0.3 is 14.9 Å². The molecule has 2 N–H and O–H groups in total. The molecule has 3 heteroatoms. The SMILES string of the molecule is Cc1cc(OC(CO)CO)ccc1C(C)C. The van der Waals surface area contributed by atoms with Crippen LogP contribution in [-0.2, 0) is 0 Å². The monoisotopic (exact) mass is 224 g/mol. The second-order valence-corrected chi connectivity index (χ2v) is 4.28. The van der Waals surface area contributed by atoms with Gasteiger partial charge in [0.25, 0.3) is 0 Å². The number of hydrogen-bond acceptors (Lipinski definition) is 3. The predicted octanol–water partition coefficient (Wildman–Crippen LogP) is 1.85. The molecular weight excluding hydrogens is 204 g/mol. The lowest BCUT2D eigenvalue weighted by Gasteiger charge is -2.16. The highest BCUT2D eigenvalue weighted by molar-refractivity contribution is 5.36. The molecule has 0 amide bonds. The summed E-state index contributed by atoms with van der Waals surface area (Å²) in [7, 11) is 0. The summed E-state index contributed by atoms with van der Waals surface area (Å²) in [5, 5.41) is 17.8. The maximum Gasteiger partial charge on any atom is 0.145 e. The van der Waals surface area contributed by atoms with Crippen LogP contribution in [0.3, 0.4) is 0 Å². The van der Waals surface area contributed by atoms with Crippen LogP contribution in [0.25, 0.3) is 0 Å². The smallest absolute Gasteiger partial charge is 0.145 e. The molecule has 1 rings (SSSR count). The molecule has 0 saturated carbocycles. The number of aliphatic hydroxyl groups is 2. The maximum atomic E-state index is 8.91. The summed E-state index contributed by atoms with van der Waals surface area (Å²) in [6, 6.07) is 5.84. The first-order valence-corrected chi connectivity index (χ1v) is 5.57. The summed E-state index contributed by atoms with van der Waals surface area (Å²) in [5.74, 6) is 1.18. The fraction of sp³-hybridized carbons (Fsp3) is 0.538. The van der Waals surface area contributed by atoms with Gasteiger partial charge in [0, 0.05) is 0 Å². The number of benzene rings is 1. The zero-order valence-corrected chi connectivity index (χ0v) is 10.1. The maximum absolute atomic E-state index is 8.91. The molecule has 0 saturated heterocycles. The Morgan fingerprint density at radius 2 is 1.81 bits per heavy atom. The third-order valence-corrected chi connectivity index (χ3v) is 2.57. The van der Waals surface area contributed by atoms with Gasteiger partial charge in [-0.3, -0.25) is 0 Å². The summed E-state index contributed by atoms with van der Waals surface area (Å²) < 4.78 is 5.43. The lowest BCUT2D eigenvalue weighted by molar-refractivity contribution is 0.0629. The molecule has 0 spiro atoms. The van der Waals surface area contributed by atoms with Crippen LogP contribution >= 0.6 is 0 Å². The van der Waals surface area contributed by atoms with Crippen LogP contribution in [0, 0.1) is 6.92 Å². The zero-order chi connectivity index (χ0) is 12.1. The van der Waals surface area contributed by atoms with Crippen LogP contribution < -0.4 is 4.74 Å². The van der Waals surface area contributed by atoms with Gasteiger partial charge >= 0.3 is 0 Å². The lowest BCUT2D eigenvalue weighted by atomic mass is 9.98. The minimum Gasteiger partial charge on any atom is -0.486 e. The molecule has 0 aromatic heterocycles. The summed E-state index contributed by atoms with van der Waals surface area (Å²) in [4.78, 5) is 0. The molecule has 3 nitrogen and oxygen atoms in total. The van der Waals surface area contributed by atoms with Crippen LogP contribution in [-0.4, -0.2) is 29.5 Å². The molecule has 0 radical (unpaired) electrons. The van der Waals surface area contributed by atoms with E-state index in [-0.39, 0.29) is 13.2 Å². The Bertz CT molecular complexity index is 330. The van der Waals surface area contributed by atoms with Crippen molar-refractivity contribution < 1.29 is 14.9 Å². The summed E-state index contributed by atoms with van der Waals surface area (Å²) in [5.41, 5.74) is 2.46. The number of aryl methyl sites for hydroxylation is 1. The van der Waals surface area contributed by atoms with Gasteiger partial charge in [0.05, 0.1) is 13.2 Å². The van der Waals surface area contributed by atoms with Gasteiger partial charge in [-0.15, -0.1) is 0 Å². The van der Waals surface area contributed by atoms with E-state index >= 15 is 0 Å². The number of hydrogen-bond donors (Lipinski definition) is 2. The molecule has 0 unspecified atom stereocenters. The molecule has 90 valence electrons. The summed E-state index contributed by atoms with van der Waals surface area (Å²) in [6.07, 6.45) is -0.538. The number of aliphatic hydroxyl groups excluding tert-OH is 2. The Hall–Kier alpha value is -1.06. The van der Waals surface area contributed by atoms with Crippen molar-refractivity contribution in [1.29, 1.82) is 0 Å². The molecule has 0 aliphatic rings. The van der Waals surface area contributed by atoms with E-state index in [2.05, 4.69) is 13.8 Å². The summed E-state index contributed by atoms with van der Waals surface area (Å²) >= 11 is 0. The van der Waals surface area contributed by atoms with Crippen LogP contribution in [0.1, 0.15) is 30.9 Å². The second-order valence-electron chi connectivity index (χ2n) is 4.28. The van der Waals surface area contributed by atoms with Gasteiger partial charge in [0.2, 0.25) is 0 Å². The van der Waals surface area contributed by atoms with E-state index in [1.54, 1.807) is 0 Å². The molecule has 0 bridgehead atoms. The minimum absolute atomic E-state index is 0.179. The van der Waals surface area contributed by atoms with Crippen molar-refractivity contribution in [2.45, 2.75) is 32.8 Å². The quantitative estimate of drug-likeness (QED) is 0.802. The third-order valence-electron chi connectivity index (χ3n) is 2.57. The molecule has 0 heterocycles. The Morgan fingerprint density at radius 3 is 2.25 bits per heavy atom. The Kier molecular flexibility index (Phi) is 4.77. The lowest BCUT2D eigenvalue weighted by Crippen LogP contribution is -2.25. The average Bonchev–Trinajstić information content (AvgIpc) is 2.25. The van der Waals surface area contributed by atoms with E-state index in [1.165, 1.54) is 11.1 Å². The van der Waals surface area contributed by atoms with Gasteiger partial charge in [-0.05, 0) is 36.1 Å². The molecule has 0 atom stereocenters. The van der Waals surface area contributed by atoms with E-state index in [0.29, 0.717) is 11.7 Å². The Morgan fingerprint density at radius 1 is 1.19 bits per heavy atom. The number of ether oxygens (including phenoxy) is 1. The fourth-order valence-electron chi connectivity index (χ4n) is 1.69. The van der Waals surface area contributed by atoms with Crippen molar-refractivity contribution in [3.63, 3.8) is 0 Å². The van der Waals surface area contributed by atoms with Gasteiger partial charge in [0.15, 0.2) is 0 Å². The van der Waals surface area contributed by atoms with Crippen LogP contribution in [0.4, 0.5) is 0 Å². The van der Waals surface area contributed by atoms with Gasteiger partial charge in [-0.25, -0.2) is 0 Å². The Balaban J connectivity index is 2.80. The summed E-state index contributed by atoms with van der Waals surface area (Å²) in [6.45, 7) is 5.97. The van der Waals surface area contributed by atoms with E-state index in [4.69, 9.17) is 14.9 Å². The zero-order valence-electron chi connectivity index (χ0n) is 10.1. The minimum atomic E-state index is -0.538. The van der Waals surface area contributed by atoms with E-state index in [0.717, 1.165) is 0 Å². The highest BCUT2D eigenvalue weighted by Crippen LogP contribution is 2.23. The van der Waals surface area contributed by atoms with Crippen LogP contribution in [0.15, 0.2) is 18.2 Å². The molecule has 1 aromatic carbocycles. The highest BCUT2D eigenvalue weighted by atomic mass is 16.5. The van der Waals surface area contributed by atoms with Crippen LogP contribution in [0.5, 0.6) is 5.75 Å². The van der Waals surface area contributed by atoms with E-state index < -0.39 is 6.10 Å². The third kappa shape index (κ3) is 3.22. The van der Waals surface area contributed by atoms with E-state index in [1.807, 2.05) is 25.1 Å². The topological polar surface area (TPSA) is 49.7 Å². The molecule has 0 aliphatic heterocycles. The molecule has 0 fully saturated rings. The van der Waals surface area contributed by atoms with Crippen molar-refractivity contribution in [1.82, 2.24) is 0 Å². The van der Waals surface area contributed by atoms with Gasteiger partial charge in [-0.2, -0.15) is 0 Å². The number of rotatable bonds is 5. The van der Waals surface area contributed by atoms with Crippen molar-refractivity contribution in [2.24, 2.45) is 0 Å².